The van der Waals surface area contributed by atoms with Crippen LogP contribution in [0.1, 0.15) is 55.7 Å². The first kappa shape index (κ1) is 38.8. The number of amides is 3. The Labute approximate surface area is 345 Å². The third-order valence-corrected chi connectivity index (χ3v) is 12.9. The maximum Gasteiger partial charge on any atom is 0.293 e. The van der Waals surface area contributed by atoms with Gasteiger partial charge in [-0.1, -0.05) is 23.7 Å². The summed E-state index contributed by atoms with van der Waals surface area (Å²) >= 11 is 6.59. The number of anilines is 3. The molecule has 3 fully saturated rings. The van der Waals surface area contributed by atoms with Crippen LogP contribution < -0.4 is 35.9 Å². The largest absolute Gasteiger partial charge is 0.490 e. The first-order chi connectivity index (χ1) is 28.5. The number of aromatic nitrogens is 5. The van der Waals surface area contributed by atoms with Gasteiger partial charge in [0.15, 0.2) is 18.2 Å². The molecule has 0 aliphatic carbocycles. The Bertz CT molecular complexity index is 2560. The molecule has 5 aromatic rings. The molecule has 0 radical (unpaired) electrons. The van der Waals surface area contributed by atoms with E-state index in [0.717, 1.165) is 86.1 Å². The second-order valence-electron chi connectivity index (χ2n) is 16.3. The van der Waals surface area contributed by atoms with Crippen molar-refractivity contribution in [2.45, 2.75) is 49.9 Å². The minimum absolute atomic E-state index is 0.0452. The number of aryl methyl sites for hydroxylation is 2. The average molecular weight is 823 g/mol. The monoisotopic (exact) mass is 822 g/mol. The van der Waals surface area contributed by atoms with Crippen molar-refractivity contribution < 1.29 is 23.9 Å². The third kappa shape index (κ3) is 7.22. The van der Waals surface area contributed by atoms with Crippen molar-refractivity contribution in [1.82, 2.24) is 39.8 Å². The maximum absolute atomic E-state index is 12.8. The number of hydrogen-bond donors (Lipinski definition) is 3. The number of pyridine rings is 1. The molecule has 59 heavy (non-hydrogen) atoms. The van der Waals surface area contributed by atoms with Gasteiger partial charge in [0, 0.05) is 74.6 Å². The zero-order chi connectivity index (χ0) is 41.0. The molecule has 17 heteroatoms. The van der Waals surface area contributed by atoms with Crippen LogP contribution in [0.2, 0.25) is 5.02 Å². The van der Waals surface area contributed by atoms with Crippen LogP contribution in [0.15, 0.2) is 47.4 Å². The lowest BCUT2D eigenvalue weighted by atomic mass is 9.74. The molecular weight excluding hydrogens is 776 g/mol. The summed E-state index contributed by atoms with van der Waals surface area (Å²) in [5, 5.41) is 15.1. The summed E-state index contributed by atoms with van der Waals surface area (Å²) in [6, 6.07) is 11.5. The predicted molar refractivity (Wildman–Crippen MR) is 223 cm³/mol. The van der Waals surface area contributed by atoms with E-state index in [1.54, 1.807) is 19.3 Å². The lowest BCUT2D eigenvalue weighted by Crippen LogP contribution is -2.46. The molecule has 0 saturated carbocycles. The Hall–Kier alpha value is -5.74. The van der Waals surface area contributed by atoms with E-state index in [2.05, 4.69) is 42.9 Å². The Kier molecular flexibility index (Phi) is 10.2. The standard InChI is InChI=1S/C42H47ClN10O6/c1-44-34(55)22-58-32-19-25-18-26(4-8-31(25)50(2)40(32)57)46-38-30(43)20-45-41(48-38)53-14-10-24(11-15-53)21-52-16-12-42(13-17-52)23-59-37-29(42)7-5-27-35(49-51(3)36(27)37)28-6-9-33(54)47-39(28)56/h4-5,7-8,18-20,24,28H,6,9-17,21-23H2,1-3H3,(H,44,55)(H,45,46,48)(H,47,54,56). The van der Waals surface area contributed by atoms with Crippen LogP contribution in [0, 0.1) is 5.92 Å². The summed E-state index contributed by atoms with van der Waals surface area (Å²) in [6.07, 6.45) is 6.49. The molecule has 0 bridgehead atoms. The van der Waals surface area contributed by atoms with E-state index in [-0.39, 0.29) is 41.1 Å². The van der Waals surface area contributed by atoms with Gasteiger partial charge in [-0.25, -0.2) is 4.98 Å². The lowest BCUT2D eigenvalue weighted by Gasteiger charge is -2.41. The fourth-order valence-corrected chi connectivity index (χ4v) is 9.41. The van der Waals surface area contributed by atoms with Gasteiger partial charge in [-0.2, -0.15) is 10.1 Å². The quantitative estimate of drug-likeness (QED) is 0.183. The number of imide groups is 1. The summed E-state index contributed by atoms with van der Waals surface area (Å²) in [6.45, 7) is 5.12. The first-order valence-electron chi connectivity index (χ1n) is 20.2. The minimum Gasteiger partial charge on any atom is -0.490 e. The van der Waals surface area contributed by atoms with Crippen molar-refractivity contribution in [1.29, 1.82) is 0 Å². The normalized spacial score (nSPS) is 19.5. The molecule has 4 aliphatic heterocycles. The van der Waals surface area contributed by atoms with Gasteiger partial charge in [0.1, 0.15) is 16.3 Å². The molecule has 1 unspecified atom stereocenters. The van der Waals surface area contributed by atoms with E-state index in [1.165, 1.54) is 17.2 Å². The molecule has 16 nitrogen and oxygen atoms in total. The van der Waals surface area contributed by atoms with Gasteiger partial charge in [-0.05, 0) is 75.4 Å². The second-order valence-corrected chi connectivity index (χ2v) is 16.7. The van der Waals surface area contributed by atoms with Crippen LogP contribution in [-0.2, 0) is 33.9 Å². The van der Waals surface area contributed by atoms with Crippen molar-refractivity contribution >= 4 is 68.6 Å². The van der Waals surface area contributed by atoms with E-state index in [1.807, 2.05) is 29.9 Å². The molecule has 4 aliphatic rings. The van der Waals surface area contributed by atoms with Crippen molar-refractivity contribution in [3.05, 3.63) is 69.2 Å². The number of carbonyl (C=O) groups is 3. The van der Waals surface area contributed by atoms with E-state index in [9.17, 15) is 19.2 Å². The minimum atomic E-state index is -0.449. The fourth-order valence-electron chi connectivity index (χ4n) is 9.27. The number of likely N-dealkylation sites (tertiary alicyclic amines) is 1. The highest BCUT2D eigenvalue weighted by Gasteiger charge is 2.45. The maximum atomic E-state index is 12.8. The molecule has 9 rings (SSSR count). The highest BCUT2D eigenvalue weighted by atomic mass is 35.5. The molecular formula is C42H47ClN10O6. The number of halogens is 1. The van der Waals surface area contributed by atoms with E-state index < -0.39 is 5.92 Å². The lowest BCUT2D eigenvalue weighted by molar-refractivity contribution is -0.134. The van der Waals surface area contributed by atoms with Crippen molar-refractivity contribution in [3.63, 3.8) is 0 Å². The van der Waals surface area contributed by atoms with E-state index in [0.29, 0.717) is 53.4 Å². The molecule has 3 aromatic heterocycles. The SMILES string of the molecule is CNC(=O)COc1cc2cc(Nc3nc(N4CCC(CN5CCC6(CC5)COc5c6ccc6c(C7CCC(=O)NC7=O)nn(C)c56)CC4)ncc3Cl)ccc2n(C)c1=O. The second kappa shape index (κ2) is 15.5. The van der Waals surface area contributed by atoms with Gasteiger partial charge < -0.3 is 34.5 Å². The number of fused-ring (bicyclic) bond motifs is 5. The van der Waals surface area contributed by atoms with Gasteiger partial charge in [-0.3, -0.25) is 29.2 Å². The van der Waals surface area contributed by atoms with Crippen LogP contribution in [0.3, 0.4) is 0 Å². The Morgan fingerprint density at radius 2 is 1.85 bits per heavy atom. The number of hydrogen-bond acceptors (Lipinski definition) is 12. The zero-order valence-corrected chi connectivity index (χ0v) is 34.1. The summed E-state index contributed by atoms with van der Waals surface area (Å²) in [5.74, 6) is 1.34. The van der Waals surface area contributed by atoms with Gasteiger partial charge in [0.2, 0.25) is 17.8 Å². The Morgan fingerprint density at radius 1 is 1.05 bits per heavy atom. The highest BCUT2D eigenvalue weighted by molar-refractivity contribution is 6.33. The van der Waals surface area contributed by atoms with E-state index >= 15 is 0 Å². The molecule has 2 aromatic carbocycles. The summed E-state index contributed by atoms with van der Waals surface area (Å²) in [5.41, 5.74) is 3.92. The summed E-state index contributed by atoms with van der Waals surface area (Å²) in [4.78, 5) is 63.2. The van der Waals surface area contributed by atoms with Crippen molar-refractivity contribution in [2.75, 3.05) is 63.2 Å². The molecule has 1 spiro atoms. The number of carbonyl (C=O) groups excluding carboxylic acids is 3. The number of nitrogens with zero attached hydrogens (tertiary/aromatic N) is 7. The highest BCUT2D eigenvalue weighted by Crippen LogP contribution is 2.49. The van der Waals surface area contributed by atoms with Crippen molar-refractivity contribution in [2.24, 2.45) is 20.0 Å². The molecule has 3 amide bonds. The molecule has 3 N–H and O–H groups in total. The molecule has 308 valence electrons. The van der Waals surface area contributed by atoms with Crippen LogP contribution in [0.4, 0.5) is 17.5 Å². The molecule has 7 heterocycles. The Balaban J connectivity index is 0.811. The Morgan fingerprint density at radius 3 is 2.61 bits per heavy atom. The van der Waals surface area contributed by atoms with E-state index in [4.69, 9.17) is 31.2 Å². The van der Waals surface area contributed by atoms with Crippen molar-refractivity contribution in [3.8, 4) is 11.5 Å². The van der Waals surface area contributed by atoms with Crippen LogP contribution in [-0.4, -0.2) is 99.9 Å². The van der Waals surface area contributed by atoms with Gasteiger partial charge >= 0.3 is 0 Å². The van der Waals surface area contributed by atoms with Gasteiger partial charge in [-0.15, -0.1) is 0 Å². The summed E-state index contributed by atoms with van der Waals surface area (Å²) < 4.78 is 15.3. The molecule has 1 atom stereocenters. The summed E-state index contributed by atoms with van der Waals surface area (Å²) in [7, 11) is 5.08. The predicted octanol–water partition coefficient (Wildman–Crippen LogP) is 3.90. The van der Waals surface area contributed by atoms with Crippen LogP contribution in [0.25, 0.3) is 21.8 Å². The fraction of sp³-hybridized carbons (Fsp3) is 0.452. The molecule has 3 saturated heterocycles. The number of nitrogens with one attached hydrogen (secondary N) is 3. The first-order valence-corrected chi connectivity index (χ1v) is 20.6. The smallest absolute Gasteiger partial charge is 0.293 e. The number of benzene rings is 2. The number of likely N-dealkylation sites (N-methyl/N-ethyl adjacent to an activating group) is 1. The zero-order valence-electron chi connectivity index (χ0n) is 33.3. The number of ether oxygens (including phenoxy) is 2. The number of rotatable bonds is 9. The topological polar surface area (TPSA) is 178 Å². The van der Waals surface area contributed by atoms with Gasteiger partial charge in [0.25, 0.3) is 11.5 Å². The van der Waals surface area contributed by atoms with Crippen LogP contribution >= 0.6 is 11.6 Å². The average Bonchev–Trinajstić information content (AvgIpc) is 3.77. The third-order valence-electron chi connectivity index (χ3n) is 12.7. The van der Waals surface area contributed by atoms with Gasteiger partial charge in [0.05, 0.1) is 29.9 Å². The number of piperidine rings is 3. The van der Waals surface area contributed by atoms with Crippen LogP contribution in [0.5, 0.6) is 11.5 Å².